The molecule has 90 valence electrons. The van der Waals surface area contributed by atoms with Crippen molar-refractivity contribution in [2.24, 2.45) is 0 Å². The molecule has 0 bridgehead atoms. The number of fused-ring (bicyclic) bond motifs is 1. The lowest BCUT2D eigenvalue weighted by atomic mass is 10.2. The van der Waals surface area contributed by atoms with Crippen LogP contribution in [0.25, 0.3) is 17.2 Å². The molecule has 0 saturated heterocycles. The van der Waals surface area contributed by atoms with Gasteiger partial charge in [0.2, 0.25) is 11.8 Å². The Bertz CT molecular complexity index is 729. The topological polar surface area (TPSA) is 99.3 Å². The first-order valence-corrected chi connectivity index (χ1v) is 5.23. The minimum atomic E-state index is -0.147. The van der Waals surface area contributed by atoms with Crippen molar-refractivity contribution in [1.82, 2.24) is 19.6 Å². The van der Waals surface area contributed by atoms with Crippen LogP contribution >= 0.6 is 0 Å². The lowest BCUT2D eigenvalue weighted by Gasteiger charge is -1.99. The largest absolute Gasteiger partial charge is 0.461 e. The molecule has 3 aromatic heterocycles. The zero-order valence-electron chi connectivity index (χ0n) is 9.49. The fraction of sp³-hybridized carbons (Fsp3) is 0.0909. The summed E-state index contributed by atoms with van der Waals surface area (Å²) < 4.78 is 6.53. The van der Waals surface area contributed by atoms with E-state index < -0.39 is 0 Å². The maximum Gasteiger partial charge on any atom is 0.223 e. The molecule has 3 heterocycles. The first-order chi connectivity index (χ1) is 8.66. The molecule has 7 heteroatoms. The second kappa shape index (κ2) is 3.66. The van der Waals surface area contributed by atoms with Crippen molar-refractivity contribution in [2.75, 3.05) is 5.73 Å². The van der Waals surface area contributed by atoms with Crippen molar-refractivity contribution in [3.63, 3.8) is 0 Å². The van der Waals surface area contributed by atoms with E-state index in [1.807, 2.05) is 0 Å². The van der Waals surface area contributed by atoms with Crippen LogP contribution in [0.5, 0.6) is 0 Å². The number of Topliss-reactive ketones (excluding diaryl/α,β-unsaturated/α-hetero) is 1. The van der Waals surface area contributed by atoms with E-state index in [9.17, 15) is 4.79 Å². The maximum absolute atomic E-state index is 11.5. The third-order valence-electron chi connectivity index (χ3n) is 2.51. The minimum absolute atomic E-state index is 0.147. The Hall–Kier alpha value is -2.70. The van der Waals surface area contributed by atoms with E-state index in [0.717, 1.165) is 0 Å². The van der Waals surface area contributed by atoms with Crippen LogP contribution < -0.4 is 5.73 Å². The number of rotatable bonds is 2. The molecule has 0 aliphatic carbocycles. The van der Waals surface area contributed by atoms with Crippen LogP contribution in [0.4, 0.5) is 5.95 Å². The number of furan rings is 1. The van der Waals surface area contributed by atoms with Gasteiger partial charge in [-0.05, 0) is 19.1 Å². The van der Waals surface area contributed by atoms with Gasteiger partial charge in [0.25, 0.3) is 0 Å². The second-order valence-electron chi connectivity index (χ2n) is 3.73. The van der Waals surface area contributed by atoms with E-state index in [1.54, 1.807) is 12.1 Å². The molecule has 0 spiro atoms. The van der Waals surface area contributed by atoms with Gasteiger partial charge in [-0.3, -0.25) is 4.79 Å². The summed E-state index contributed by atoms with van der Waals surface area (Å²) in [5.41, 5.74) is 6.45. The monoisotopic (exact) mass is 243 g/mol. The van der Waals surface area contributed by atoms with Gasteiger partial charge < -0.3 is 10.2 Å². The first-order valence-electron chi connectivity index (χ1n) is 5.23. The molecule has 0 saturated carbocycles. The number of carbonyl (C=O) groups excluding carboxylic acids is 1. The number of aromatic nitrogens is 4. The summed E-state index contributed by atoms with van der Waals surface area (Å²) in [6.45, 7) is 1.44. The van der Waals surface area contributed by atoms with Gasteiger partial charge in [-0.1, -0.05) is 0 Å². The van der Waals surface area contributed by atoms with Crippen LogP contribution in [0, 0.1) is 0 Å². The second-order valence-corrected chi connectivity index (χ2v) is 3.73. The Labute approximate surface area is 101 Å². The molecule has 0 aliphatic heterocycles. The SMILES string of the molecule is CC(=O)c1cnc(N)n2nc(-c3ccco3)nc12. The molecular weight excluding hydrogens is 234 g/mol. The number of nitrogen functional groups attached to an aromatic ring is 1. The zero-order valence-corrected chi connectivity index (χ0v) is 9.49. The third-order valence-corrected chi connectivity index (χ3v) is 2.51. The van der Waals surface area contributed by atoms with Crippen molar-refractivity contribution in [3.05, 3.63) is 30.2 Å². The van der Waals surface area contributed by atoms with Gasteiger partial charge in [0, 0.05) is 6.20 Å². The van der Waals surface area contributed by atoms with Gasteiger partial charge in [-0.2, -0.15) is 4.52 Å². The molecule has 0 aliphatic rings. The van der Waals surface area contributed by atoms with Gasteiger partial charge in [-0.15, -0.1) is 5.10 Å². The molecule has 3 aromatic rings. The van der Waals surface area contributed by atoms with Crippen molar-refractivity contribution in [1.29, 1.82) is 0 Å². The molecule has 0 amide bonds. The summed E-state index contributed by atoms with van der Waals surface area (Å²) in [5, 5.41) is 4.17. The van der Waals surface area contributed by atoms with Gasteiger partial charge in [0.15, 0.2) is 17.2 Å². The quantitative estimate of drug-likeness (QED) is 0.678. The normalized spacial score (nSPS) is 10.9. The fourth-order valence-electron chi connectivity index (χ4n) is 1.65. The molecule has 0 unspecified atom stereocenters. The predicted molar refractivity (Wildman–Crippen MR) is 62.9 cm³/mol. The van der Waals surface area contributed by atoms with E-state index in [1.165, 1.54) is 23.9 Å². The summed E-state index contributed by atoms with van der Waals surface area (Å²) in [4.78, 5) is 19.6. The van der Waals surface area contributed by atoms with Crippen LogP contribution in [-0.4, -0.2) is 25.4 Å². The summed E-state index contributed by atoms with van der Waals surface area (Å²) in [7, 11) is 0. The van der Waals surface area contributed by atoms with Gasteiger partial charge >= 0.3 is 0 Å². The number of carbonyl (C=O) groups is 1. The van der Waals surface area contributed by atoms with E-state index in [0.29, 0.717) is 22.8 Å². The number of anilines is 1. The third kappa shape index (κ3) is 1.45. The molecule has 0 atom stereocenters. The highest BCUT2D eigenvalue weighted by molar-refractivity contribution is 5.99. The lowest BCUT2D eigenvalue weighted by Crippen LogP contribution is -2.06. The average Bonchev–Trinajstić information content (AvgIpc) is 2.97. The summed E-state index contributed by atoms with van der Waals surface area (Å²) in [6.07, 6.45) is 2.92. The Morgan fingerprint density at radius 1 is 1.50 bits per heavy atom. The number of nitrogens with two attached hydrogens (primary N) is 1. The van der Waals surface area contributed by atoms with Crippen molar-refractivity contribution in [3.8, 4) is 11.6 Å². The molecule has 0 fully saturated rings. The summed E-state index contributed by atoms with van der Waals surface area (Å²) in [5.74, 6) is 0.890. The van der Waals surface area contributed by atoms with Gasteiger partial charge in [-0.25, -0.2) is 9.97 Å². The van der Waals surface area contributed by atoms with Crippen LogP contribution in [0.2, 0.25) is 0 Å². The van der Waals surface area contributed by atoms with Crippen molar-refractivity contribution in [2.45, 2.75) is 6.92 Å². The number of hydrogen-bond acceptors (Lipinski definition) is 6. The molecular formula is C11H9N5O2. The van der Waals surface area contributed by atoms with E-state index in [2.05, 4.69) is 15.1 Å². The predicted octanol–water partition coefficient (Wildman–Crippen LogP) is 1.17. The molecule has 0 aromatic carbocycles. The Morgan fingerprint density at radius 3 is 3.00 bits per heavy atom. The first kappa shape index (κ1) is 10.5. The fourth-order valence-corrected chi connectivity index (χ4v) is 1.65. The molecule has 0 radical (unpaired) electrons. The number of hydrogen-bond donors (Lipinski definition) is 1. The highest BCUT2D eigenvalue weighted by Gasteiger charge is 2.16. The summed E-state index contributed by atoms with van der Waals surface area (Å²) >= 11 is 0. The number of nitrogens with zero attached hydrogens (tertiary/aromatic N) is 4. The van der Waals surface area contributed by atoms with E-state index in [-0.39, 0.29) is 11.7 Å². The van der Waals surface area contributed by atoms with E-state index in [4.69, 9.17) is 10.2 Å². The smallest absolute Gasteiger partial charge is 0.223 e. The summed E-state index contributed by atoms with van der Waals surface area (Å²) in [6, 6.07) is 3.46. The van der Waals surface area contributed by atoms with Crippen LogP contribution in [0.1, 0.15) is 17.3 Å². The Kier molecular flexibility index (Phi) is 2.12. The minimum Gasteiger partial charge on any atom is -0.461 e. The zero-order chi connectivity index (χ0) is 12.7. The molecule has 2 N–H and O–H groups in total. The number of ketones is 1. The van der Waals surface area contributed by atoms with Crippen LogP contribution in [0.15, 0.2) is 29.0 Å². The highest BCUT2D eigenvalue weighted by Crippen LogP contribution is 2.19. The van der Waals surface area contributed by atoms with Crippen LogP contribution in [0.3, 0.4) is 0 Å². The molecule has 7 nitrogen and oxygen atoms in total. The average molecular weight is 243 g/mol. The van der Waals surface area contributed by atoms with Gasteiger partial charge in [0.05, 0.1) is 11.8 Å². The Balaban J connectivity index is 2.31. The molecule has 18 heavy (non-hydrogen) atoms. The van der Waals surface area contributed by atoms with Crippen molar-refractivity contribution < 1.29 is 9.21 Å². The maximum atomic E-state index is 11.5. The van der Waals surface area contributed by atoms with Crippen molar-refractivity contribution >= 4 is 17.4 Å². The van der Waals surface area contributed by atoms with Gasteiger partial charge in [0.1, 0.15) is 0 Å². The molecule has 3 rings (SSSR count). The lowest BCUT2D eigenvalue weighted by molar-refractivity contribution is 0.101. The standard InChI is InChI=1S/C11H9N5O2/c1-6(17)7-5-13-11(12)16-10(7)14-9(15-16)8-3-2-4-18-8/h2-5H,1H3,(H2,12,13). The van der Waals surface area contributed by atoms with E-state index >= 15 is 0 Å². The Morgan fingerprint density at radius 2 is 2.33 bits per heavy atom. The highest BCUT2D eigenvalue weighted by atomic mass is 16.3. The van der Waals surface area contributed by atoms with Crippen LogP contribution in [-0.2, 0) is 0 Å².